The average Bonchev–Trinajstić information content (AvgIpc) is 2.44. The molecule has 2 rings (SSSR count). The highest BCUT2D eigenvalue weighted by Crippen LogP contribution is 2.43. The number of hydrogen-bond acceptors (Lipinski definition) is 1. The Hall–Kier alpha value is -1.77. The van der Waals surface area contributed by atoms with E-state index in [2.05, 4.69) is 54.5 Å². The summed E-state index contributed by atoms with van der Waals surface area (Å²) in [6.07, 6.45) is 5.63. The Labute approximate surface area is 122 Å². The molecule has 1 aliphatic carbocycles. The third-order valence-electron chi connectivity index (χ3n) is 3.99. The predicted molar refractivity (Wildman–Crippen MR) is 86.1 cm³/mol. The molecule has 0 unspecified atom stereocenters. The van der Waals surface area contributed by atoms with Crippen LogP contribution in [0.1, 0.15) is 31.7 Å². The first-order chi connectivity index (χ1) is 9.80. The van der Waals surface area contributed by atoms with Gasteiger partial charge < -0.3 is 10.6 Å². The number of aliphatic imine (C=N–C) groups is 1. The largest absolute Gasteiger partial charge is 0.357 e. The zero-order chi connectivity index (χ0) is 14.3. The summed E-state index contributed by atoms with van der Waals surface area (Å²) in [5.41, 5.74) is 1.67. The van der Waals surface area contributed by atoms with Crippen molar-refractivity contribution >= 4 is 5.96 Å². The molecular weight excluding hydrogens is 246 g/mol. The average molecular weight is 271 g/mol. The van der Waals surface area contributed by atoms with Crippen molar-refractivity contribution < 1.29 is 0 Å². The zero-order valence-corrected chi connectivity index (χ0v) is 12.4. The molecule has 1 fully saturated rings. The Bertz CT molecular complexity index is 447. The minimum Gasteiger partial charge on any atom is -0.357 e. The van der Waals surface area contributed by atoms with E-state index in [9.17, 15) is 0 Å². The minimum absolute atomic E-state index is 0.248. The van der Waals surface area contributed by atoms with Crippen LogP contribution in [0.5, 0.6) is 0 Å². The van der Waals surface area contributed by atoms with Crippen LogP contribution in [0.2, 0.25) is 0 Å². The number of nitrogens with one attached hydrogen (secondary N) is 2. The molecule has 0 radical (unpaired) electrons. The normalized spacial score (nSPS) is 17.1. The molecule has 3 nitrogen and oxygen atoms in total. The lowest BCUT2D eigenvalue weighted by molar-refractivity contribution is 0.253. The van der Waals surface area contributed by atoms with Crippen molar-refractivity contribution in [2.24, 2.45) is 4.99 Å². The van der Waals surface area contributed by atoms with Crippen LogP contribution in [0.25, 0.3) is 0 Å². The van der Waals surface area contributed by atoms with Crippen molar-refractivity contribution in [1.29, 1.82) is 0 Å². The molecule has 0 spiro atoms. The van der Waals surface area contributed by atoms with E-state index in [1.54, 1.807) is 0 Å². The highest BCUT2D eigenvalue weighted by Gasteiger charge is 2.38. The smallest absolute Gasteiger partial charge is 0.191 e. The summed E-state index contributed by atoms with van der Waals surface area (Å²) >= 11 is 0. The molecule has 0 amide bonds. The Kier molecular flexibility index (Phi) is 5.22. The maximum absolute atomic E-state index is 4.77. The molecule has 108 valence electrons. The van der Waals surface area contributed by atoms with Crippen molar-refractivity contribution in [3.8, 4) is 0 Å². The standard InChI is InChI=1S/C17H25N3/c1-3-13-19-16(18-4-2)20-14-17(11-8-12-17)15-9-6-5-7-10-15/h3,5-7,9-10H,1,4,8,11-14H2,2H3,(H2,18,19,20). The van der Waals surface area contributed by atoms with Crippen molar-refractivity contribution in [2.45, 2.75) is 31.6 Å². The molecule has 0 saturated heterocycles. The molecule has 1 aromatic carbocycles. The van der Waals surface area contributed by atoms with Gasteiger partial charge in [-0.25, -0.2) is 0 Å². The summed E-state index contributed by atoms with van der Waals surface area (Å²) in [6.45, 7) is 8.28. The number of hydrogen-bond donors (Lipinski definition) is 2. The van der Waals surface area contributed by atoms with E-state index in [1.807, 2.05) is 6.08 Å². The molecule has 0 aromatic heterocycles. The van der Waals surface area contributed by atoms with Gasteiger partial charge in [0.05, 0.1) is 6.54 Å². The van der Waals surface area contributed by atoms with Gasteiger partial charge in [-0.1, -0.05) is 42.8 Å². The van der Waals surface area contributed by atoms with Crippen molar-refractivity contribution in [3.05, 3.63) is 48.6 Å². The van der Waals surface area contributed by atoms with Crippen molar-refractivity contribution in [1.82, 2.24) is 10.6 Å². The quantitative estimate of drug-likeness (QED) is 0.474. The van der Waals surface area contributed by atoms with Gasteiger partial charge >= 0.3 is 0 Å². The number of rotatable bonds is 6. The van der Waals surface area contributed by atoms with Gasteiger partial charge in [0.1, 0.15) is 0 Å². The van der Waals surface area contributed by atoms with E-state index in [-0.39, 0.29) is 5.41 Å². The first kappa shape index (κ1) is 14.6. The van der Waals surface area contributed by atoms with E-state index < -0.39 is 0 Å². The lowest BCUT2D eigenvalue weighted by Crippen LogP contribution is -2.41. The third-order valence-corrected chi connectivity index (χ3v) is 3.99. The summed E-state index contributed by atoms with van der Waals surface area (Å²) in [7, 11) is 0. The summed E-state index contributed by atoms with van der Waals surface area (Å²) < 4.78 is 0. The second-order valence-corrected chi connectivity index (χ2v) is 5.36. The first-order valence-corrected chi connectivity index (χ1v) is 7.49. The minimum atomic E-state index is 0.248. The van der Waals surface area contributed by atoms with Gasteiger partial charge in [0.2, 0.25) is 0 Å². The lowest BCUT2D eigenvalue weighted by atomic mass is 9.64. The number of nitrogens with zero attached hydrogens (tertiary/aromatic N) is 1. The Morgan fingerprint density at radius 3 is 2.60 bits per heavy atom. The molecular formula is C17H25N3. The molecule has 1 saturated carbocycles. The fourth-order valence-corrected chi connectivity index (χ4v) is 2.67. The molecule has 20 heavy (non-hydrogen) atoms. The molecule has 1 aromatic rings. The van der Waals surface area contributed by atoms with Gasteiger partial charge in [0.15, 0.2) is 5.96 Å². The molecule has 3 heteroatoms. The number of guanidine groups is 1. The third kappa shape index (κ3) is 3.41. The summed E-state index contributed by atoms with van der Waals surface area (Å²) in [5, 5.41) is 6.54. The fourth-order valence-electron chi connectivity index (χ4n) is 2.67. The van der Waals surface area contributed by atoms with Crippen LogP contribution in [0, 0.1) is 0 Å². The zero-order valence-electron chi connectivity index (χ0n) is 12.4. The second-order valence-electron chi connectivity index (χ2n) is 5.36. The Morgan fingerprint density at radius 1 is 1.30 bits per heavy atom. The first-order valence-electron chi connectivity index (χ1n) is 7.49. The summed E-state index contributed by atoms with van der Waals surface area (Å²) in [5.74, 6) is 0.884. The van der Waals surface area contributed by atoms with Gasteiger partial charge in [-0.15, -0.1) is 6.58 Å². The van der Waals surface area contributed by atoms with Crippen molar-refractivity contribution in [3.63, 3.8) is 0 Å². The van der Waals surface area contributed by atoms with Gasteiger partial charge in [0, 0.05) is 18.5 Å². The van der Waals surface area contributed by atoms with Gasteiger partial charge in [-0.2, -0.15) is 0 Å². The van der Waals surface area contributed by atoms with Crippen LogP contribution in [-0.2, 0) is 5.41 Å². The molecule has 0 bridgehead atoms. The van der Waals surface area contributed by atoms with Gasteiger partial charge in [0.25, 0.3) is 0 Å². The molecule has 2 N–H and O–H groups in total. The van der Waals surface area contributed by atoms with Gasteiger partial charge in [-0.3, -0.25) is 4.99 Å². The van der Waals surface area contributed by atoms with E-state index in [0.717, 1.165) is 25.6 Å². The highest BCUT2D eigenvalue weighted by molar-refractivity contribution is 5.79. The van der Waals surface area contributed by atoms with Crippen LogP contribution in [0.3, 0.4) is 0 Å². The topological polar surface area (TPSA) is 36.4 Å². The van der Waals surface area contributed by atoms with Crippen LogP contribution < -0.4 is 10.6 Å². The second kappa shape index (κ2) is 7.13. The molecule has 0 atom stereocenters. The maximum atomic E-state index is 4.77. The molecule has 0 heterocycles. The molecule has 1 aliphatic rings. The van der Waals surface area contributed by atoms with Crippen LogP contribution in [-0.4, -0.2) is 25.6 Å². The lowest BCUT2D eigenvalue weighted by Gasteiger charge is -2.41. The number of benzene rings is 1. The fraction of sp³-hybridized carbons (Fsp3) is 0.471. The van der Waals surface area contributed by atoms with E-state index in [4.69, 9.17) is 4.99 Å². The summed E-state index contributed by atoms with van der Waals surface area (Å²) in [4.78, 5) is 4.77. The predicted octanol–water partition coefficient (Wildman–Crippen LogP) is 2.85. The van der Waals surface area contributed by atoms with Crippen LogP contribution in [0.4, 0.5) is 0 Å². The highest BCUT2D eigenvalue weighted by atomic mass is 15.2. The van der Waals surface area contributed by atoms with E-state index >= 15 is 0 Å². The molecule has 0 aliphatic heterocycles. The van der Waals surface area contributed by atoms with Crippen molar-refractivity contribution in [2.75, 3.05) is 19.6 Å². The monoisotopic (exact) mass is 271 g/mol. The Balaban J connectivity index is 2.07. The Morgan fingerprint density at radius 2 is 2.05 bits per heavy atom. The van der Waals surface area contributed by atoms with E-state index in [0.29, 0.717) is 0 Å². The van der Waals surface area contributed by atoms with Gasteiger partial charge in [-0.05, 0) is 25.3 Å². The maximum Gasteiger partial charge on any atom is 0.191 e. The summed E-state index contributed by atoms with van der Waals surface area (Å²) in [6, 6.07) is 10.8. The van der Waals surface area contributed by atoms with Crippen LogP contribution >= 0.6 is 0 Å². The van der Waals surface area contributed by atoms with E-state index in [1.165, 1.54) is 24.8 Å². The SMILES string of the molecule is C=CCNC(=NCC1(c2ccccc2)CCC1)NCC. The van der Waals surface area contributed by atoms with Crippen LogP contribution in [0.15, 0.2) is 48.0 Å².